The molecule has 0 radical (unpaired) electrons. The highest BCUT2D eigenvalue weighted by molar-refractivity contribution is 5.40. The SMILES string of the molecule is CCCCc1nc(CCC)cc(N2CCNCC2)n1. The number of aryl methyl sites for hydroxylation is 2. The van der Waals surface area contributed by atoms with E-state index >= 15 is 0 Å². The van der Waals surface area contributed by atoms with E-state index in [0.29, 0.717) is 0 Å². The Morgan fingerprint density at radius 2 is 1.89 bits per heavy atom. The lowest BCUT2D eigenvalue weighted by Gasteiger charge is -2.28. The number of aromatic nitrogens is 2. The zero-order valence-electron chi connectivity index (χ0n) is 12.3. The van der Waals surface area contributed by atoms with Gasteiger partial charge >= 0.3 is 0 Å². The van der Waals surface area contributed by atoms with E-state index in [0.717, 1.165) is 57.1 Å². The summed E-state index contributed by atoms with van der Waals surface area (Å²) in [5, 5.41) is 3.39. The smallest absolute Gasteiger partial charge is 0.132 e. The van der Waals surface area contributed by atoms with E-state index in [2.05, 4.69) is 30.1 Å². The lowest BCUT2D eigenvalue weighted by molar-refractivity contribution is 0.582. The molecule has 1 aromatic heterocycles. The minimum absolute atomic E-state index is 1.01. The normalized spacial score (nSPS) is 15.8. The molecule has 106 valence electrons. The average molecular weight is 262 g/mol. The minimum Gasteiger partial charge on any atom is -0.354 e. The summed E-state index contributed by atoms with van der Waals surface area (Å²) in [5.41, 5.74) is 1.21. The van der Waals surface area contributed by atoms with Crippen molar-refractivity contribution in [1.29, 1.82) is 0 Å². The van der Waals surface area contributed by atoms with Gasteiger partial charge in [0, 0.05) is 44.4 Å². The lowest BCUT2D eigenvalue weighted by atomic mass is 10.2. The Labute approximate surface area is 116 Å². The third-order valence-corrected chi connectivity index (χ3v) is 3.51. The molecule has 1 aliphatic rings. The molecule has 2 heterocycles. The monoisotopic (exact) mass is 262 g/mol. The molecule has 0 saturated carbocycles. The zero-order chi connectivity index (χ0) is 13.5. The molecule has 0 unspecified atom stereocenters. The second kappa shape index (κ2) is 7.43. The largest absolute Gasteiger partial charge is 0.354 e. The molecule has 2 rings (SSSR count). The minimum atomic E-state index is 1.01. The van der Waals surface area contributed by atoms with E-state index in [1.54, 1.807) is 0 Å². The number of nitrogens with one attached hydrogen (secondary N) is 1. The van der Waals surface area contributed by atoms with Crippen LogP contribution < -0.4 is 10.2 Å². The zero-order valence-corrected chi connectivity index (χ0v) is 12.3. The summed E-state index contributed by atoms with van der Waals surface area (Å²) in [6.07, 6.45) is 5.58. The Bertz CT molecular complexity index is 386. The highest BCUT2D eigenvalue weighted by Crippen LogP contribution is 2.15. The number of piperazine rings is 1. The molecule has 4 nitrogen and oxygen atoms in total. The molecular weight excluding hydrogens is 236 g/mol. The first-order valence-corrected chi connectivity index (χ1v) is 7.66. The molecule has 0 aromatic carbocycles. The fourth-order valence-corrected chi connectivity index (χ4v) is 2.42. The average Bonchev–Trinajstić information content (AvgIpc) is 2.46. The Morgan fingerprint density at radius 1 is 1.11 bits per heavy atom. The van der Waals surface area contributed by atoms with Gasteiger partial charge in [0.15, 0.2) is 0 Å². The van der Waals surface area contributed by atoms with Crippen LogP contribution in [-0.4, -0.2) is 36.1 Å². The first-order chi connectivity index (χ1) is 9.33. The number of hydrogen-bond donors (Lipinski definition) is 1. The molecular formula is C15H26N4. The fraction of sp³-hybridized carbons (Fsp3) is 0.733. The summed E-state index contributed by atoms with van der Waals surface area (Å²) in [7, 11) is 0. The molecule has 0 atom stereocenters. The molecule has 1 fully saturated rings. The highest BCUT2D eigenvalue weighted by Gasteiger charge is 2.14. The van der Waals surface area contributed by atoms with Gasteiger partial charge in [-0.15, -0.1) is 0 Å². The summed E-state index contributed by atoms with van der Waals surface area (Å²) in [6, 6.07) is 2.18. The van der Waals surface area contributed by atoms with Crippen LogP contribution in [0.5, 0.6) is 0 Å². The molecule has 0 bridgehead atoms. The van der Waals surface area contributed by atoms with Crippen LogP contribution in [0, 0.1) is 0 Å². The first-order valence-electron chi connectivity index (χ1n) is 7.66. The molecule has 1 N–H and O–H groups in total. The van der Waals surface area contributed by atoms with Crippen molar-refractivity contribution in [3.05, 3.63) is 17.6 Å². The summed E-state index contributed by atoms with van der Waals surface area (Å²) in [6.45, 7) is 8.63. The van der Waals surface area contributed by atoms with Crippen molar-refractivity contribution in [2.45, 2.75) is 46.0 Å². The van der Waals surface area contributed by atoms with Gasteiger partial charge < -0.3 is 10.2 Å². The number of anilines is 1. The predicted octanol–water partition coefficient (Wildman–Crippen LogP) is 2.18. The fourth-order valence-electron chi connectivity index (χ4n) is 2.42. The van der Waals surface area contributed by atoms with E-state index in [1.165, 1.54) is 18.5 Å². The topological polar surface area (TPSA) is 41.1 Å². The van der Waals surface area contributed by atoms with Crippen LogP contribution in [0.4, 0.5) is 5.82 Å². The molecule has 4 heteroatoms. The van der Waals surface area contributed by atoms with E-state index in [1.807, 2.05) is 0 Å². The van der Waals surface area contributed by atoms with Crippen molar-refractivity contribution in [2.75, 3.05) is 31.1 Å². The third kappa shape index (κ3) is 4.16. The second-order valence-electron chi connectivity index (χ2n) is 5.22. The van der Waals surface area contributed by atoms with Crippen LogP contribution in [0.25, 0.3) is 0 Å². The van der Waals surface area contributed by atoms with Gasteiger partial charge in [-0.1, -0.05) is 26.7 Å². The quantitative estimate of drug-likeness (QED) is 0.853. The van der Waals surface area contributed by atoms with Crippen LogP contribution in [0.3, 0.4) is 0 Å². The van der Waals surface area contributed by atoms with E-state index < -0.39 is 0 Å². The molecule has 0 aliphatic carbocycles. The van der Waals surface area contributed by atoms with Gasteiger partial charge in [0.2, 0.25) is 0 Å². The predicted molar refractivity (Wildman–Crippen MR) is 79.7 cm³/mol. The number of rotatable bonds is 6. The van der Waals surface area contributed by atoms with Crippen molar-refractivity contribution in [3.63, 3.8) is 0 Å². The van der Waals surface area contributed by atoms with Gasteiger partial charge in [-0.3, -0.25) is 0 Å². The van der Waals surface area contributed by atoms with Crippen molar-refractivity contribution < 1.29 is 0 Å². The number of unbranched alkanes of at least 4 members (excludes halogenated alkanes) is 1. The van der Waals surface area contributed by atoms with Gasteiger partial charge in [-0.25, -0.2) is 9.97 Å². The van der Waals surface area contributed by atoms with Crippen LogP contribution in [0.1, 0.15) is 44.6 Å². The summed E-state index contributed by atoms with van der Waals surface area (Å²) in [5.74, 6) is 2.16. The van der Waals surface area contributed by atoms with Crippen molar-refractivity contribution in [2.24, 2.45) is 0 Å². The maximum Gasteiger partial charge on any atom is 0.132 e. The molecule has 19 heavy (non-hydrogen) atoms. The third-order valence-electron chi connectivity index (χ3n) is 3.51. The maximum atomic E-state index is 4.76. The molecule has 1 saturated heterocycles. The van der Waals surface area contributed by atoms with E-state index in [-0.39, 0.29) is 0 Å². The summed E-state index contributed by atoms with van der Waals surface area (Å²) in [4.78, 5) is 11.8. The summed E-state index contributed by atoms with van der Waals surface area (Å²) < 4.78 is 0. The standard InChI is InChI=1S/C15H26N4/c1-3-5-7-14-17-13(6-4-2)12-15(18-14)19-10-8-16-9-11-19/h12,16H,3-11H2,1-2H3. The molecule has 0 spiro atoms. The molecule has 1 aliphatic heterocycles. The van der Waals surface area contributed by atoms with Crippen LogP contribution in [0.15, 0.2) is 6.07 Å². The van der Waals surface area contributed by atoms with E-state index in [9.17, 15) is 0 Å². The Kier molecular flexibility index (Phi) is 5.58. The lowest BCUT2D eigenvalue weighted by Crippen LogP contribution is -2.44. The van der Waals surface area contributed by atoms with Crippen LogP contribution >= 0.6 is 0 Å². The van der Waals surface area contributed by atoms with E-state index in [4.69, 9.17) is 9.97 Å². The van der Waals surface area contributed by atoms with Gasteiger partial charge in [0.1, 0.15) is 11.6 Å². The van der Waals surface area contributed by atoms with Crippen LogP contribution in [-0.2, 0) is 12.8 Å². The Balaban J connectivity index is 2.17. The van der Waals surface area contributed by atoms with Crippen molar-refractivity contribution in [3.8, 4) is 0 Å². The van der Waals surface area contributed by atoms with Gasteiger partial charge in [0.25, 0.3) is 0 Å². The molecule has 0 amide bonds. The number of nitrogens with zero attached hydrogens (tertiary/aromatic N) is 3. The Morgan fingerprint density at radius 3 is 2.58 bits per heavy atom. The van der Waals surface area contributed by atoms with Crippen LogP contribution in [0.2, 0.25) is 0 Å². The second-order valence-corrected chi connectivity index (χ2v) is 5.22. The number of hydrogen-bond acceptors (Lipinski definition) is 4. The molecule has 1 aromatic rings. The Hall–Kier alpha value is -1.16. The van der Waals surface area contributed by atoms with Gasteiger partial charge in [-0.05, 0) is 12.8 Å². The summed E-state index contributed by atoms with van der Waals surface area (Å²) >= 11 is 0. The maximum absolute atomic E-state index is 4.76. The highest BCUT2D eigenvalue weighted by atomic mass is 15.2. The van der Waals surface area contributed by atoms with Crippen molar-refractivity contribution >= 4 is 5.82 Å². The first kappa shape index (κ1) is 14.3. The van der Waals surface area contributed by atoms with Gasteiger partial charge in [-0.2, -0.15) is 0 Å². The van der Waals surface area contributed by atoms with Gasteiger partial charge in [0.05, 0.1) is 0 Å². The van der Waals surface area contributed by atoms with Crippen molar-refractivity contribution in [1.82, 2.24) is 15.3 Å².